The van der Waals surface area contributed by atoms with E-state index >= 15 is 0 Å². The van der Waals surface area contributed by atoms with Crippen molar-refractivity contribution >= 4 is 5.69 Å². The maximum atomic E-state index is 13.3. The minimum absolute atomic E-state index is 0.126. The molecule has 0 radical (unpaired) electrons. The van der Waals surface area contributed by atoms with Gasteiger partial charge in [-0.25, -0.2) is 9.07 Å². The van der Waals surface area contributed by atoms with Gasteiger partial charge >= 0.3 is 0 Å². The van der Waals surface area contributed by atoms with Crippen molar-refractivity contribution in [2.24, 2.45) is 0 Å². The van der Waals surface area contributed by atoms with Gasteiger partial charge in [-0.2, -0.15) is 5.10 Å². The van der Waals surface area contributed by atoms with E-state index in [0.717, 1.165) is 5.69 Å². The maximum absolute atomic E-state index is 13.3. The number of nitrogens with zero attached hydrogens (tertiary/aromatic N) is 2. The average molecular weight is 219 g/mol. The Morgan fingerprint density at radius 1 is 1.31 bits per heavy atom. The molecule has 0 spiro atoms. The molecule has 16 heavy (non-hydrogen) atoms. The Morgan fingerprint density at radius 2 is 2.06 bits per heavy atom. The van der Waals surface area contributed by atoms with Crippen LogP contribution in [-0.4, -0.2) is 9.78 Å². The van der Waals surface area contributed by atoms with Crippen molar-refractivity contribution in [1.29, 1.82) is 0 Å². The van der Waals surface area contributed by atoms with Crippen LogP contribution in [0.4, 0.5) is 10.1 Å². The van der Waals surface area contributed by atoms with Crippen molar-refractivity contribution in [2.45, 2.75) is 19.8 Å². The van der Waals surface area contributed by atoms with Crippen LogP contribution in [0.3, 0.4) is 0 Å². The fourth-order valence-electron chi connectivity index (χ4n) is 1.51. The van der Waals surface area contributed by atoms with E-state index in [9.17, 15) is 4.39 Å². The monoisotopic (exact) mass is 219 g/mol. The van der Waals surface area contributed by atoms with E-state index in [2.05, 4.69) is 18.9 Å². The molecule has 1 aromatic heterocycles. The minimum atomic E-state index is -0.418. The SMILES string of the molecule is CC(C)c1ccn(-c2cccc(F)c2N)n1. The number of nitrogens with two attached hydrogens (primary N) is 1. The molecule has 1 aromatic carbocycles. The summed E-state index contributed by atoms with van der Waals surface area (Å²) in [6.07, 6.45) is 1.79. The molecule has 0 bridgehead atoms. The molecule has 0 aliphatic carbocycles. The van der Waals surface area contributed by atoms with E-state index in [1.54, 1.807) is 23.0 Å². The Hall–Kier alpha value is -1.84. The molecule has 0 atom stereocenters. The van der Waals surface area contributed by atoms with Crippen molar-refractivity contribution in [3.8, 4) is 5.69 Å². The van der Waals surface area contributed by atoms with Crippen LogP contribution in [0.25, 0.3) is 5.69 Å². The molecule has 4 heteroatoms. The summed E-state index contributed by atoms with van der Waals surface area (Å²) >= 11 is 0. The third kappa shape index (κ3) is 1.78. The lowest BCUT2D eigenvalue weighted by Gasteiger charge is -2.06. The molecule has 1 heterocycles. The number of anilines is 1. The Balaban J connectivity index is 2.47. The van der Waals surface area contributed by atoms with Gasteiger partial charge in [-0.3, -0.25) is 0 Å². The summed E-state index contributed by atoms with van der Waals surface area (Å²) in [7, 11) is 0. The number of hydrogen-bond acceptors (Lipinski definition) is 2. The first kappa shape index (κ1) is 10.7. The summed E-state index contributed by atoms with van der Waals surface area (Å²) in [5.41, 5.74) is 7.33. The topological polar surface area (TPSA) is 43.8 Å². The van der Waals surface area contributed by atoms with Crippen LogP contribution in [0.2, 0.25) is 0 Å². The number of hydrogen-bond donors (Lipinski definition) is 1. The lowest BCUT2D eigenvalue weighted by Crippen LogP contribution is -2.03. The van der Waals surface area contributed by atoms with Crippen LogP contribution >= 0.6 is 0 Å². The van der Waals surface area contributed by atoms with E-state index in [1.807, 2.05) is 6.07 Å². The molecular formula is C12H14FN3. The molecule has 84 valence electrons. The van der Waals surface area contributed by atoms with Gasteiger partial charge < -0.3 is 5.73 Å². The average Bonchev–Trinajstić information content (AvgIpc) is 2.71. The van der Waals surface area contributed by atoms with E-state index in [-0.39, 0.29) is 5.69 Å². The quantitative estimate of drug-likeness (QED) is 0.789. The first-order chi connectivity index (χ1) is 7.59. The summed E-state index contributed by atoms with van der Waals surface area (Å²) in [5, 5.41) is 4.35. The van der Waals surface area contributed by atoms with Gasteiger partial charge in [0.15, 0.2) is 0 Å². The van der Waals surface area contributed by atoms with Crippen molar-refractivity contribution in [3.63, 3.8) is 0 Å². The van der Waals surface area contributed by atoms with Crippen LogP contribution in [0.15, 0.2) is 30.5 Å². The summed E-state index contributed by atoms with van der Waals surface area (Å²) in [6.45, 7) is 4.11. The Bertz CT molecular complexity index is 503. The third-order valence-corrected chi connectivity index (χ3v) is 2.48. The molecule has 0 fully saturated rings. The van der Waals surface area contributed by atoms with Crippen molar-refractivity contribution in [1.82, 2.24) is 9.78 Å². The van der Waals surface area contributed by atoms with Gasteiger partial charge in [0.25, 0.3) is 0 Å². The van der Waals surface area contributed by atoms with Gasteiger partial charge in [-0.15, -0.1) is 0 Å². The molecule has 0 saturated heterocycles. The van der Waals surface area contributed by atoms with Gasteiger partial charge in [0.1, 0.15) is 5.82 Å². The number of para-hydroxylation sites is 1. The van der Waals surface area contributed by atoms with Crippen LogP contribution < -0.4 is 5.73 Å². The molecule has 3 nitrogen and oxygen atoms in total. The number of rotatable bonds is 2. The van der Waals surface area contributed by atoms with Crippen molar-refractivity contribution in [3.05, 3.63) is 42.0 Å². The first-order valence-corrected chi connectivity index (χ1v) is 5.19. The third-order valence-electron chi connectivity index (χ3n) is 2.48. The second kappa shape index (κ2) is 3.96. The highest BCUT2D eigenvalue weighted by atomic mass is 19.1. The summed E-state index contributed by atoms with van der Waals surface area (Å²) < 4.78 is 14.9. The molecule has 2 N–H and O–H groups in total. The molecule has 0 saturated carbocycles. The van der Waals surface area contributed by atoms with Crippen molar-refractivity contribution in [2.75, 3.05) is 5.73 Å². The molecule has 0 aliphatic heterocycles. The Labute approximate surface area is 93.7 Å². The Morgan fingerprint density at radius 3 is 2.69 bits per heavy atom. The molecule has 2 rings (SSSR count). The molecule has 0 aliphatic rings. The molecule has 2 aromatic rings. The zero-order chi connectivity index (χ0) is 11.7. The number of aromatic nitrogens is 2. The van der Waals surface area contributed by atoms with Crippen LogP contribution in [-0.2, 0) is 0 Å². The fraction of sp³-hybridized carbons (Fsp3) is 0.250. The van der Waals surface area contributed by atoms with Gasteiger partial charge in [0.2, 0.25) is 0 Å². The highest BCUT2D eigenvalue weighted by Gasteiger charge is 2.09. The summed E-state index contributed by atoms with van der Waals surface area (Å²) in [6, 6.07) is 6.62. The molecular weight excluding hydrogens is 205 g/mol. The minimum Gasteiger partial charge on any atom is -0.395 e. The second-order valence-corrected chi connectivity index (χ2v) is 4.01. The first-order valence-electron chi connectivity index (χ1n) is 5.19. The van der Waals surface area contributed by atoms with Gasteiger partial charge in [0, 0.05) is 6.20 Å². The lowest BCUT2D eigenvalue weighted by atomic mass is 10.1. The van der Waals surface area contributed by atoms with Crippen LogP contribution in [0, 0.1) is 5.82 Å². The molecule has 0 unspecified atom stereocenters. The predicted molar refractivity (Wildman–Crippen MR) is 62.0 cm³/mol. The number of nitrogen functional groups attached to an aromatic ring is 1. The highest BCUT2D eigenvalue weighted by Crippen LogP contribution is 2.21. The standard InChI is InChI=1S/C12H14FN3/c1-8(2)10-6-7-16(15-10)11-5-3-4-9(13)12(11)14/h3-8H,14H2,1-2H3. The van der Waals surface area contributed by atoms with E-state index in [4.69, 9.17) is 5.73 Å². The van der Waals surface area contributed by atoms with Gasteiger partial charge in [-0.1, -0.05) is 19.9 Å². The summed E-state index contributed by atoms with van der Waals surface area (Å²) in [4.78, 5) is 0. The van der Waals surface area contributed by atoms with E-state index in [1.165, 1.54) is 6.07 Å². The van der Waals surface area contributed by atoms with Gasteiger partial charge in [-0.05, 0) is 24.1 Å². The van der Waals surface area contributed by atoms with Crippen LogP contribution in [0.5, 0.6) is 0 Å². The number of benzene rings is 1. The predicted octanol–water partition coefficient (Wildman–Crippen LogP) is 2.72. The molecule has 0 amide bonds. The highest BCUT2D eigenvalue weighted by molar-refractivity contribution is 5.58. The van der Waals surface area contributed by atoms with E-state index in [0.29, 0.717) is 11.6 Å². The largest absolute Gasteiger partial charge is 0.395 e. The maximum Gasteiger partial charge on any atom is 0.148 e. The van der Waals surface area contributed by atoms with Crippen molar-refractivity contribution < 1.29 is 4.39 Å². The Kier molecular flexibility index (Phi) is 2.64. The van der Waals surface area contributed by atoms with E-state index < -0.39 is 5.82 Å². The zero-order valence-corrected chi connectivity index (χ0v) is 9.31. The fourth-order valence-corrected chi connectivity index (χ4v) is 1.51. The number of halogens is 1. The summed E-state index contributed by atoms with van der Waals surface area (Å²) in [5.74, 6) is -0.0740. The normalized spacial score (nSPS) is 11.0. The lowest BCUT2D eigenvalue weighted by molar-refractivity contribution is 0.630. The van der Waals surface area contributed by atoms with Crippen LogP contribution in [0.1, 0.15) is 25.5 Å². The smallest absolute Gasteiger partial charge is 0.148 e. The zero-order valence-electron chi connectivity index (χ0n) is 9.31. The second-order valence-electron chi connectivity index (χ2n) is 4.01. The van der Waals surface area contributed by atoms with Gasteiger partial charge in [0.05, 0.1) is 17.1 Å².